The second-order valence-electron chi connectivity index (χ2n) is 8.05. The summed E-state index contributed by atoms with van der Waals surface area (Å²) >= 11 is 0. The summed E-state index contributed by atoms with van der Waals surface area (Å²) in [5.41, 5.74) is 5.87. The molecule has 1 aliphatic carbocycles. The summed E-state index contributed by atoms with van der Waals surface area (Å²) < 4.78 is 1.50. The number of hydrogen-bond donors (Lipinski definition) is 2. The van der Waals surface area contributed by atoms with Gasteiger partial charge in [-0.05, 0) is 37.6 Å². The first kappa shape index (κ1) is 22.6. The van der Waals surface area contributed by atoms with Gasteiger partial charge in [-0.15, -0.1) is 17.5 Å². The van der Waals surface area contributed by atoms with Gasteiger partial charge in [0, 0.05) is 19.5 Å². The number of nitrogens with zero attached hydrogens (tertiary/aromatic N) is 4. The van der Waals surface area contributed by atoms with Gasteiger partial charge in [-0.25, -0.2) is 9.67 Å². The molecule has 3 N–H and O–H groups in total. The van der Waals surface area contributed by atoms with Gasteiger partial charge in [0.25, 0.3) is 0 Å². The van der Waals surface area contributed by atoms with Crippen molar-refractivity contribution >= 4 is 30.2 Å². The highest BCUT2D eigenvalue weighted by atomic mass is 35.5. The van der Waals surface area contributed by atoms with Crippen molar-refractivity contribution in [1.29, 1.82) is 0 Å². The molecule has 158 valence electrons. The molecule has 28 heavy (non-hydrogen) atoms. The molecule has 0 spiro atoms. The van der Waals surface area contributed by atoms with Gasteiger partial charge in [-0.3, -0.25) is 14.9 Å². The highest BCUT2D eigenvalue weighted by molar-refractivity contribution is 5.89. The van der Waals surface area contributed by atoms with Gasteiger partial charge in [-0.1, -0.05) is 32.1 Å². The Kier molecular flexibility index (Phi) is 8.69. The maximum Gasteiger partial charge on any atom is 0.248 e. The molecule has 9 heteroatoms. The molecule has 0 bridgehead atoms. The third-order valence-corrected chi connectivity index (χ3v) is 5.93. The molecular weight excluding hydrogens is 380 g/mol. The van der Waals surface area contributed by atoms with Crippen LogP contribution in [0.3, 0.4) is 0 Å². The van der Waals surface area contributed by atoms with Crippen molar-refractivity contribution in [2.45, 2.75) is 70.8 Å². The lowest BCUT2D eigenvalue weighted by Crippen LogP contribution is -2.36. The van der Waals surface area contributed by atoms with Crippen LogP contribution in [0.25, 0.3) is 0 Å². The molecule has 0 atom stereocenters. The molecule has 0 aromatic carbocycles. The molecule has 1 saturated heterocycles. The van der Waals surface area contributed by atoms with E-state index in [0.29, 0.717) is 13.0 Å². The first-order valence-corrected chi connectivity index (χ1v) is 10.3. The van der Waals surface area contributed by atoms with Gasteiger partial charge in [0.2, 0.25) is 17.8 Å². The molecule has 2 amide bonds. The molecule has 8 nitrogen and oxygen atoms in total. The largest absolute Gasteiger partial charge is 0.341 e. The van der Waals surface area contributed by atoms with E-state index in [-0.39, 0.29) is 42.1 Å². The maximum absolute atomic E-state index is 12.4. The van der Waals surface area contributed by atoms with Crippen molar-refractivity contribution in [3.05, 3.63) is 6.33 Å². The minimum atomic E-state index is -0.0982. The first-order valence-electron chi connectivity index (χ1n) is 10.3. The predicted octanol–water partition coefficient (Wildman–Crippen LogP) is 2.34. The van der Waals surface area contributed by atoms with Gasteiger partial charge >= 0.3 is 0 Å². The summed E-state index contributed by atoms with van der Waals surface area (Å²) in [5.74, 6) is 0.217. The zero-order valence-corrected chi connectivity index (χ0v) is 17.4. The second kappa shape index (κ2) is 10.8. The average molecular weight is 413 g/mol. The Bertz CT molecular complexity index is 636. The van der Waals surface area contributed by atoms with E-state index in [1.165, 1.54) is 30.3 Å². The number of amides is 2. The standard InChI is InChI=1S/C19H32N6O2.ClH/c20-14-19(8-4-3-5-9-19)12-16(26)22-18-21-15-25(23-18)13-17(27)24-10-6-1-2-7-11-24;/h15H,1-14,20H2,(H,22,23,26);1H. The highest BCUT2D eigenvalue weighted by Gasteiger charge is 2.33. The molecule has 1 aromatic rings. The Morgan fingerprint density at radius 2 is 1.71 bits per heavy atom. The van der Waals surface area contributed by atoms with Crippen LogP contribution in [0.2, 0.25) is 0 Å². The smallest absolute Gasteiger partial charge is 0.248 e. The number of rotatable bonds is 6. The van der Waals surface area contributed by atoms with E-state index in [4.69, 9.17) is 5.73 Å². The first-order chi connectivity index (χ1) is 13.1. The maximum atomic E-state index is 12.4. The van der Waals surface area contributed by atoms with E-state index in [1.54, 1.807) is 0 Å². The Morgan fingerprint density at radius 3 is 2.36 bits per heavy atom. The van der Waals surface area contributed by atoms with Crippen molar-refractivity contribution < 1.29 is 9.59 Å². The fourth-order valence-electron chi connectivity index (χ4n) is 4.25. The number of likely N-dealkylation sites (tertiary alicyclic amines) is 1. The summed E-state index contributed by atoms with van der Waals surface area (Å²) in [4.78, 5) is 30.9. The minimum absolute atomic E-state index is 0. The topological polar surface area (TPSA) is 106 Å². The molecule has 1 saturated carbocycles. The van der Waals surface area contributed by atoms with Crippen LogP contribution in [-0.4, -0.2) is 51.1 Å². The van der Waals surface area contributed by atoms with Crippen molar-refractivity contribution in [2.75, 3.05) is 25.0 Å². The van der Waals surface area contributed by atoms with E-state index in [2.05, 4.69) is 15.4 Å². The molecule has 1 aromatic heterocycles. The van der Waals surface area contributed by atoms with Crippen LogP contribution in [0.15, 0.2) is 6.33 Å². The Hall–Kier alpha value is -1.67. The van der Waals surface area contributed by atoms with Crippen LogP contribution in [0.1, 0.15) is 64.2 Å². The third-order valence-electron chi connectivity index (χ3n) is 5.93. The summed E-state index contributed by atoms with van der Waals surface area (Å²) in [6.45, 7) is 2.33. The lowest BCUT2D eigenvalue weighted by molar-refractivity contribution is -0.132. The molecule has 3 rings (SSSR count). The van der Waals surface area contributed by atoms with Crippen LogP contribution in [0.5, 0.6) is 0 Å². The summed E-state index contributed by atoms with van der Waals surface area (Å²) in [6.07, 6.45) is 11.9. The van der Waals surface area contributed by atoms with Gasteiger partial charge in [-0.2, -0.15) is 0 Å². The minimum Gasteiger partial charge on any atom is -0.341 e. The third kappa shape index (κ3) is 6.17. The van der Waals surface area contributed by atoms with E-state index < -0.39 is 0 Å². The molecule has 0 unspecified atom stereocenters. The SMILES string of the molecule is Cl.NCC1(CC(=O)Nc2ncn(CC(=O)N3CCCCCC3)n2)CCCCC1. The van der Waals surface area contributed by atoms with Crippen LogP contribution in [0.4, 0.5) is 5.95 Å². The van der Waals surface area contributed by atoms with Crippen LogP contribution < -0.4 is 11.1 Å². The summed E-state index contributed by atoms with van der Waals surface area (Å²) in [7, 11) is 0. The van der Waals surface area contributed by atoms with Crippen molar-refractivity contribution in [1.82, 2.24) is 19.7 Å². The molecule has 1 aliphatic heterocycles. The van der Waals surface area contributed by atoms with Crippen LogP contribution in [-0.2, 0) is 16.1 Å². The normalized spacial score (nSPS) is 19.4. The van der Waals surface area contributed by atoms with Gasteiger partial charge < -0.3 is 10.6 Å². The van der Waals surface area contributed by atoms with Gasteiger partial charge in [0.15, 0.2) is 0 Å². The van der Waals surface area contributed by atoms with Crippen LogP contribution in [0, 0.1) is 5.41 Å². The Labute approximate surface area is 173 Å². The number of hydrogen-bond acceptors (Lipinski definition) is 5. The van der Waals surface area contributed by atoms with Crippen molar-refractivity contribution in [3.63, 3.8) is 0 Å². The molecule has 0 radical (unpaired) electrons. The molecule has 2 heterocycles. The molecule has 2 fully saturated rings. The number of nitrogens with two attached hydrogens (primary N) is 1. The fraction of sp³-hybridized carbons (Fsp3) is 0.789. The number of carbonyl (C=O) groups is 2. The van der Waals surface area contributed by atoms with E-state index in [1.807, 2.05) is 4.90 Å². The number of aromatic nitrogens is 3. The van der Waals surface area contributed by atoms with Crippen LogP contribution >= 0.6 is 12.4 Å². The number of halogens is 1. The van der Waals surface area contributed by atoms with E-state index in [9.17, 15) is 9.59 Å². The zero-order chi connectivity index (χ0) is 19.1. The summed E-state index contributed by atoms with van der Waals surface area (Å²) in [6, 6.07) is 0. The van der Waals surface area contributed by atoms with E-state index >= 15 is 0 Å². The Balaban J connectivity index is 0.00000280. The second-order valence-corrected chi connectivity index (χ2v) is 8.05. The number of carbonyl (C=O) groups excluding carboxylic acids is 2. The number of anilines is 1. The van der Waals surface area contributed by atoms with Crippen molar-refractivity contribution in [3.8, 4) is 0 Å². The molecule has 2 aliphatic rings. The van der Waals surface area contributed by atoms with E-state index in [0.717, 1.165) is 51.6 Å². The van der Waals surface area contributed by atoms with Gasteiger partial charge in [0.1, 0.15) is 12.9 Å². The lowest BCUT2D eigenvalue weighted by Gasteiger charge is -2.35. The fourth-order valence-corrected chi connectivity index (χ4v) is 4.25. The van der Waals surface area contributed by atoms with Crippen molar-refractivity contribution in [2.24, 2.45) is 11.1 Å². The summed E-state index contributed by atoms with van der Waals surface area (Å²) in [5, 5.41) is 7.01. The zero-order valence-electron chi connectivity index (χ0n) is 16.6. The predicted molar refractivity (Wildman–Crippen MR) is 110 cm³/mol. The highest BCUT2D eigenvalue weighted by Crippen LogP contribution is 2.38. The molecular formula is C19H33ClN6O2. The Morgan fingerprint density at radius 1 is 1.07 bits per heavy atom. The lowest BCUT2D eigenvalue weighted by atomic mass is 9.72. The van der Waals surface area contributed by atoms with Gasteiger partial charge in [0.05, 0.1) is 0 Å². The number of nitrogens with one attached hydrogen (secondary N) is 1. The monoisotopic (exact) mass is 412 g/mol. The average Bonchev–Trinajstić information content (AvgIpc) is 2.93. The quantitative estimate of drug-likeness (QED) is 0.745.